The number of phenols is 1. The van der Waals surface area contributed by atoms with Crippen molar-refractivity contribution >= 4 is 39.4 Å². The van der Waals surface area contributed by atoms with Gasteiger partial charge in [-0.05, 0) is 61.0 Å². The fourth-order valence-corrected chi connectivity index (χ4v) is 4.51. The number of benzene rings is 3. The smallest absolute Gasteiger partial charge is 0.264 e. The lowest BCUT2D eigenvalue weighted by atomic mass is 10.2. The summed E-state index contributed by atoms with van der Waals surface area (Å²) in [4.78, 5) is 12.6. The molecule has 3 aromatic carbocycles. The lowest BCUT2D eigenvalue weighted by molar-refractivity contribution is -0.119. The standard InChI is InChI=1S/C23H22ClN3O5S/c1-2-32-22-13-17(11-12-21(22)28)15-25-26-23(29)16-27(19-8-6-7-18(24)14-19)33(30,31)20-9-4-3-5-10-20/h3-15,28H,2,16H2,1H3,(H,26,29)/b25-15-. The maximum atomic E-state index is 13.2. The number of sulfonamides is 1. The van der Waals surface area contributed by atoms with Crippen LogP contribution in [0.1, 0.15) is 12.5 Å². The van der Waals surface area contributed by atoms with Crippen molar-refractivity contribution in [2.45, 2.75) is 11.8 Å². The molecule has 0 spiro atoms. The zero-order valence-corrected chi connectivity index (χ0v) is 19.3. The van der Waals surface area contributed by atoms with Gasteiger partial charge in [-0.15, -0.1) is 0 Å². The van der Waals surface area contributed by atoms with Crippen LogP contribution in [0, 0.1) is 0 Å². The first-order chi connectivity index (χ1) is 15.8. The van der Waals surface area contributed by atoms with E-state index in [0.29, 0.717) is 17.2 Å². The zero-order valence-electron chi connectivity index (χ0n) is 17.7. The van der Waals surface area contributed by atoms with E-state index in [1.807, 2.05) is 0 Å². The third kappa shape index (κ3) is 6.24. The van der Waals surface area contributed by atoms with Crippen LogP contribution in [0.25, 0.3) is 0 Å². The molecule has 1 amide bonds. The van der Waals surface area contributed by atoms with Crippen molar-refractivity contribution in [2.24, 2.45) is 5.10 Å². The summed E-state index contributed by atoms with van der Waals surface area (Å²) in [6.07, 6.45) is 1.36. The van der Waals surface area contributed by atoms with Crippen molar-refractivity contribution in [3.8, 4) is 11.5 Å². The third-order valence-corrected chi connectivity index (χ3v) is 6.42. The summed E-state index contributed by atoms with van der Waals surface area (Å²) in [6, 6.07) is 18.6. The molecule has 0 saturated carbocycles. The van der Waals surface area contributed by atoms with Gasteiger partial charge in [0.1, 0.15) is 6.54 Å². The van der Waals surface area contributed by atoms with E-state index in [1.165, 1.54) is 30.5 Å². The minimum absolute atomic E-state index is 0.0127. The number of hydrogen-bond donors (Lipinski definition) is 2. The average Bonchev–Trinajstić information content (AvgIpc) is 2.80. The molecule has 10 heteroatoms. The Morgan fingerprint density at radius 2 is 1.88 bits per heavy atom. The Morgan fingerprint density at radius 1 is 1.12 bits per heavy atom. The first-order valence-corrected chi connectivity index (χ1v) is 11.7. The van der Waals surface area contributed by atoms with Crippen LogP contribution in [0.2, 0.25) is 5.02 Å². The van der Waals surface area contributed by atoms with E-state index in [-0.39, 0.29) is 22.1 Å². The molecule has 3 rings (SSSR count). The predicted molar refractivity (Wildman–Crippen MR) is 127 cm³/mol. The van der Waals surface area contributed by atoms with Crippen molar-refractivity contribution in [3.05, 3.63) is 83.4 Å². The molecule has 3 aromatic rings. The summed E-state index contributed by atoms with van der Waals surface area (Å²) in [7, 11) is -4.04. The summed E-state index contributed by atoms with van der Waals surface area (Å²) in [5, 5.41) is 14.0. The maximum Gasteiger partial charge on any atom is 0.264 e. The Morgan fingerprint density at radius 3 is 2.58 bits per heavy atom. The molecular weight excluding hydrogens is 466 g/mol. The Bertz CT molecular complexity index is 1250. The molecule has 172 valence electrons. The van der Waals surface area contributed by atoms with E-state index in [2.05, 4.69) is 10.5 Å². The van der Waals surface area contributed by atoms with Gasteiger partial charge in [0.25, 0.3) is 15.9 Å². The van der Waals surface area contributed by atoms with Gasteiger partial charge >= 0.3 is 0 Å². The Labute approximate surface area is 197 Å². The van der Waals surface area contributed by atoms with E-state index in [0.717, 1.165) is 4.31 Å². The minimum atomic E-state index is -4.04. The van der Waals surface area contributed by atoms with Gasteiger partial charge in [0, 0.05) is 5.02 Å². The van der Waals surface area contributed by atoms with E-state index >= 15 is 0 Å². The number of anilines is 1. The van der Waals surface area contributed by atoms with Crippen molar-refractivity contribution in [1.29, 1.82) is 0 Å². The Balaban J connectivity index is 1.80. The lowest BCUT2D eigenvalue weighted by Gasteiger charge is -2.23. The quantitative estimate of drug-likeness (QED) is 0.352. The summed E-state index contributed by atoms with van der Waals surface area (Å²) >= 11 is 6.05. The summed E-state index contributed by atoms with van der Waals surface area (Å²) < 4.78 is 32.7. The second kappa shape index (κ2) is 10.8. The SMILES string of the molecule is CCOc1cc(/C=N\NC(=O)CN(c2cccc(Cl)c2)S(=O)(=O)c2ccccc2)ccc1O. The van der Waals surface area contributed by atoms with E-state index < -0.39 is 22.5 Å². The van der Waals surface area contributed by atoms with Gasteiger partial charge in [-0.25, -0.2) is 13.8 Å². The van der Waals surface area contributed by atoms with Crippen LogP contribution in [0.15, 0.2) is 82.8 Å². The van der Waals surface area contributed by atoms with Crippen LogP contribution in [-0.4, -0.2) is 38.8 Å². The second-order valence-corrected chi connectivity index (χ2v) is 9.06. The third-order valence-electron chi connectivity index (χ3n) is 4.40. The lowest BCUT2D eigenvalue weighted by Crippen LogP contribution is -2.39. The predicted octanol–water partition coefficient (Wildman–Crippen LogP) is 3.79. The molecule has 0 aliphatic heterocycles. The number of nitrogens with zero attached hydrogens (tertiary/aromatic N) is 2. The molecule has 33 heavy (non-hydrogen) atoms. The molecule has 0 fully saturated rings. The molecule has 0 atom stereocenters. The minimum Gasteiger partial charge on any atom is -0.504 e. The van der Waals surface area contributed by atoms with Crippen LogP contribution >= 0.6 is 11.6 Å². The maximum absolute atomic E-state index is 13.2. The highest BCUT2D eigenvalue weighted by molar-refractivity contribution is 7.92. The number of phenolic OH excluding ortho intramolecular Hbond substituents is 1. The molecule has 0 aliphatic carbocycles. The van der Waals surface area contributed by atoms with Gasteiger partial charge in [-0.2, -0.15) is 5.10 Å². The number of hydrazone groups is 1. The molecule has 0 heterocycles. The number of hydrogen-bond acceptors (Lipinski definition) is 6. The second-order valence-electron chi connectivity index (χ2n) is 6.76. The van der Waals surface area contributed by atoms with Crippen LogP contribution in [0.4, 0.5) is 5.69 Å². The molecular formula is C23H22ClN3O5S. The van der Waals surface area contributed by atoms with Crippen molar-refractivity contribution in [1.82, 2.24) is 5.43 Å². The Kier molecular flexibility index (Phi) is 7.92. The van der Waals surface area contributed by atoms with E-state index in [4.69, 9.17) is 16.3 Å². The average molecular weight is 488 g/mol. The number of carbonyl (C=O) groups is 1. The Hall–Kier alpha value is -3.56. The fraction of sp³-hybridized carbons (Fsp3) is 0.130. The molecule has 0 saturated heterocycles. The van der Waals surface area contributed by atoms with Crippen LogP contribution in [0.3, 0.4) is 0 Å². The van der Waals surface area contributed by atoms with E-state index in [9.17, 15) is 18.3 Å². The highest BCUT2D eigenvalue weighted by Crippen LogP contribution is 2.27. The number of aromatic hydroxyl groups is 1. The van der Waals surface area contributed by atoms with Crippen LogP contribution in [0.5, 0.6) is 11.5 Å². The van der Waals surface area contributed by atoms with Crippen LogP contribution in [-0.2, 0) is 14.8 Å². The molecule has 0 unspecified atom stereocenters. The number of nitrogens with one attached hydrogen (secondary N) is 1. The molecule has 0 radical (unpaired) electrons. The highest BCUT2D eigenvalue weighted by atomic mass is 35.5. The summed E-state index contributed by atoms with van der Waals surface area (Å²) in [5.74, 6) is -0.385. The van der Waals surface area contributed by atoms with Crippen molar-refractivity contribution < 1.29 is 23.1 Å². The van der Waals surface area contributed by atoms with Gasteiger partial charge in [0.05, 0.1) is 23.4 Å². The number of halogens is 1. The number of amides is 1. The summed E-state index contributed by atoms with van der Waals surface area (Å²) in [5.41, 5.74) is 3.13. The topological polar surface area (TPSA) is 108 Å². The van der Waals surface area contributed by atoms with Gasteiger partial charge in [-0.1, -0.05) is 35.9 Å². The van der Waals surface area contributed by atoms with Crippen molar-refractivity contribution in [3.63, 3.8) is 0 Å². The van der Waals surface area contributed by atoms with Crippen molar-refractivity contribution in [2.75, 3.05) is 17.5 Å². The van der Waals surface area contributed by atoms with Gasteiger partial charge in [0.15, 0.2) is 11.5 Å². The molecule has 0 aromatic heterocycles. The normalized spacial score (nSPS) is 11.3. The molecule has 8 nitrogen and oxygen atoms in total. The monoisotopic (exact) mass is 487 g/mol. The zero-order chi connectivity index (χ0) is 23.8. The van der Waals surface area contributed by atoms with Crippen LogP contribution < -0.4 is 14.5 Å². The molecule has 0 aliphatic rings. The van der Waals surface area contributed by atoms with Gasteiger partial charge in [0.2, 0.25) is 0 Å². The van der Waals surface area contributed by atoms with E-state index in [1.54, 1.807) is 55.5 Å². The fourth-order valence-electron chi connectivity index (χ4n) is 2.89. The number of carbonyl (C=O) groups excluding carboxylic acids is 1. The highest BCUT2D eigenvalue weighted by Gasteiger charge is 2.27. The first-order valence-electron chi connectivity index (χ1n) is 9.92. The first kappa shape index (κ1) is 24.1. The van der Waals surface area contributed by atoms with Gasteiger partial charge < -0.3 is 9.84 Å². The molecule has 2 N–H and O–H groups in total. The largest absolute Gasteiger partial charge is 0.504 e. The number of ether oxygens (including phenoxy) is 1. The summed E-state index contributed by atoms with van der Waals surface area (Å²) in [6.45, 7) is 1.64. The molecule has 0 bridgehead atoms. The van der Waals surface area contributed by atoms with Gasteiger partial charge in [-0.3, -0.25) is 9.10 Å². The number of rotatable bonds is 9.